The van der Waals surface area contributed by atoms with Gasteiger partial charge in [0.1, 0.15) is 0 Å². The second-order valence-electron chi connectivity index (χ2n) is 8.39. The Morgan fingerprint density at radius 1 is 0.893 bits per heavy atom. The fraction of sp³-hybridized carbons (Fsp3) is 0.636. The van der Waals surface area contributed by atoms with Crippen LogP contribution in [0.2, 0.25) is 0 Å². The summed E-state index contributed by atoms with van der Waals surface area (Å²) in [5, 5.41) is 0. The van der Waals surface area contributed by atoms with Crippen LogP contribution < -0.4 is 0 Å². The van der Waals surface area contributed by atoms with Crippen LogP contribution in [0.25, 0.3) is 0 Å². The molecule has 2 amide bonds. The van der Waals surface area contributed by atoms with Crippen LogP contribution in [0.3, 0.4) is 0 Å². The highest BCUT2D eigenvalue weighted by Gasteiger charge is 2.29. The minimum Gasteiger partial charge on any atom is -0.379 e. The van der Waals surface area contributed by atoms with Crippen molar-refractivity contribution in [3.05, 3.63) is 35.9 Å². The van der Waals surface area contributed by atoms with Gasteiger partial charge in [0.25, 0.3) is 0 Å². The summed E-state index contributed by atoms with van der Waals surface area (Å²) in [4.78, 5) is 31.4. The second-order valence-corrected chi connectivity index (χ2v) is 8.39. The molecule has 0 N–H and O–H groups in total. The molecule has 0 saturated carbocycles. The van der Waals surface area contributed by atoms with E-state index in [1.54, 1.807) is 0 Å². The molecule has 0 unspecified atom stereocenters. The van der Waals surface area contributed by atoms with E-state index in [4.69, 9.17) is 4.74 Å². The van der Waals surface area contributed by atoms with Gasteiger partial charge < -0.3 is 14.5 Å². The zero-order valence-electron chi connectivity index (χ0n) is 17.2. The van der Waals surface area contributed by atoms with Crippen molar-refractivity contribution >= 4 is 11.8 Å². The molecule has 2 heterocycles. The van der Waals surface area contributed by atoms with E-state index >= 15 is 0 Å². The van der Waals surface area contributed by atoms with Gasteiger partial charge in [-0.05, 0) is 11.0 Å². The minimum absolute atomic E-state index is 0.175. The number of rotatable bonds is 6. The van der Waals surface area contributed by atoms with Crippen molar-refractivity contribution in [1.82, 2.24) is 14.7 Å². The Morgan fingerprint density at radius 3 is 2.07 bits per heavy atom. The number of hydrogen-bond donors (Lipinski definition) is 0. The number of morpholine rings is 1. The quantitative estimate of drug-likeness (QED) is 0.746. The number of hydrogen-bond acceptors (Lipinski definition) is 4. The van der Waals surface area contributed by atoms with Crippen molar-refractivity contribution in [3.63, 3.8) is 0 Å². The first kappa shape index (κ1) is 20.8. The number of ether oxygens (including phenoxy) is 1. The number of piperazine rings is 1. The maximum atomic E-state index is 12.8. The average Bonchev–Trinajstić information content (AvgIpc) is 2.73. The topological polar surface area (TPSA) is 53.1 Å². The summed E-state index contributed by atoms with van der Waals surface area (Å²) in [6, 6.07) is 10.2. The third-order valence-corrected chi connectivity index (χ3v) is 5.88. The Morgan fingerprint density at radius 2 is 1.46 bits per heavy atom. The molecule has 2 fully saturated rings. The second kappa shape index (κ2) is 9.52. The van der Waals surface area contributed by atoms with E-state index < -0.39 is 0 Å². The first-order chi connectivity index (χ1) is 13.5. The molecule has 2 aliphatic rings. The van der Waals surface area contributed by atoms with Gasteiger partial charge in [-0.1, -0.05) is 44.2 Å². The fourth-order valence-electron chi connectivity index (χ4n) is 3.92. The van der Waals surface area contributed by atoms with E-state index in [1.165, 1.54) is 5.56 Å². The van der Waals surface area contributed by atoms with Crippen LogP contribution in [-0.4, -0.2) is 85.5 Å². The number of benzene rings is 1. The molecule has 1 aromatic rings. The fourth-order valence-corrected chi connectivity index (χ4v) is 3.92. The summed E-state index contributed by atoms with van der Waals surface area (Å²) in [5.41, 5.74) is 0.990. The Bertz CT molecular complexity index is 648. The highest BCUT2D eigenvalue weighted by atomic mass is 16.5. The summed E-state index contributed by atoms with van der Waals surface area (Å²) < 4.78 is 5.35. The number of amides is 2. The van der Waals surface area contributed by atoms with Crippen LogP contribution >= 0.6 is 0 Å². The van der Waals surface area contributed by atoms with Crippen LogP contribution in [0.15, 0.2) is 30.3 Å². The lowest BCUT2D eigenvalue weighted by Gasteiger charge is -2.37. The minimum atomic E-state index is -0.191. The maximum Gasteiger partial charge on any atom is 0.223 e. The normalized spacial score (nSPS) is 18.9. The smallest absolute Gasteiger partial charge is 0.223 e. The van der Waals surface area contributed by atoms with E-state index in [0.717, 1.165) is 32.8 Å². The van der Waals surface area contributed by atoms with Crippen molar-refractivity contribution in [2.75, 3.05) is 59.0 Å². The standard InChI is InChI=1S/C22H33N3O3/c1-22(2,19-6-4-3-5-7-19)18-21(27)25-12-10-24(11-13-25)20(26)8-9-23-14-16-28-17-15-23/h3-7H,8-18H2,1-2H3. The monoisotopic (exact) mass is 387 g/mol. The van der Waals surface area contributed by atoms with Crippen LogP contribution in [0.5, 0.6) is 0 Å². The van der Waals surface area contributed by atoms with Gasteiger partial charge in [0.15, 0.2) is 0 Å². The number of nitrogens with zero attached hydrogens (tertiary/aromatic N) is 3. The zero-order chi connectivity index (χ0) is 20.0. The van der Waals surface area contributed by atoms with E-state index in [1.807, 2.05) is 28.0 Å². The Balaban J connectivity index is 1.42. The van der Waals surface area contributed by atoms with Crippen molar-refractivity contribution < 1.29 is 14.3 Å². The van der Waals surface area contributed by atoms with Gasteiger partial charge in [0.05, 0.1) is 13.2 Å². The number of carbonyl (C=O) groups excluding carboxylic acids is 2. The van der Waals surface area contributed by atoms with Gasteiger partial charge in [-0.15, -0.1) is 0 Å². The van der Waals surface area contributed by atoms with E-state index in [0.29, 0.717) is 39.0 Å². The Hall–Kier alpha value is -1.92. The average molecular weight is 388 g/mol. The SMILES string of the molecule is CC(C)(CC(=O)N1CCN(C(=O)CCN2CCOCC2)CC1)c1ccccc1. The molecule has 0 radical (unpaired) electrons. The van der Waals surface area contributed by atoms with Gasteiger partial charge in [0, 0.05) is 58.7 Å². The number of carbonyl (C=O) groups is 2. The van der Waals surface area contributed by atoms with E-state index in [2.05, 4.69) is 30.9 Å². The van der Waals surface area contributed by atoms with Crippen LogP contribution in [0.4, 0.5) is 0 Å². The van der Waals surface area contributed by atoms with Crippen LogP contribution in [0, 0.1) is 0 Å². The molecule has 0 spiro atoms. The molecule has 0 aliphatic carbocycles. The highest BCUT2D eigenvalue weighted by molar-refractivity contribution is 5.79. The molecule has 2 saturated heterocycles. The van der Waals surface area contributed by atoms with Gasteiger partial charge in [-0.3, -0.25) is 14.5 Å². The molecule has 6 nitrogen and oxygen atoms in total. The van der Waals surface area contributed by atoms with Gasteiger partial charge in [-0.25, -0.2) is 0 Å². The molecular weight excluding hydrogens is 354 g/mol. The van der Waals surface area contributed by atoms with Gasteiger partial charge >= 0.3 is 0 Å². The molecule has 3 rings (SSSR count). The van der Waals surface area contributed by atoms with Gasteiger partial charge in [-0.2, -0.15) is 0 Å². The highest BCUT2D eigenvalue weighted by Crippen LogP contribution is 2.27. The molecule has 6 heteroatoms. The van der Waals surface area contributed by atoms with Crippen LogP contribution in [-0.2, 0) is 19.7 Å². The summed E-state index contributed by atoms with van der Waals surface area (Å²) in [7, 11) is 0. The zero-order valence-corrected chi connectivity index (χ0v) is 17.2. The summed E-state index contributed by atoms with van der Waals surface area (Å²) in [6.45, 7) is 10.9. The summed E-state index contributed by atoms with van der Waals surface area (Å²) in [6.07, 6.45) is 1.04. The first-order valence-corrected chi connectivity index (χ1v) is 10.4. The lowest BCUT2D eigenvalue weighted by Crippen LogP contribution is -2.51. The molecule has 154 valence electrons. The summed E-state index contributed by atoms with van der Waals surface area (Å²) >= 11 is 0. The molecule has 0 bridgehead atoms. The van der Waals surface area contributed by atoms with Crippen molar-refractivity contribution in [1.29, 1.82) is 0 Å². The third kappa shape index (κ3) is 5.55. The first-order valence-electron chi connectivity index (χ1n) is 10.4. The van der Waals surface area contributed by atoms with Crippen molar-refractivity contribution in [2.24, 2.45) is 0 Å². The molecule has 1 aromatic carbocycles. The van der Waals surface area contributed by atoms with Crippen molar-refractivity contribution in [2.45, 2.75) is 32.1 Å². The predicted octanol–water partition coefficient (Wildman–Crippen LogP) is 1.75. The molecule has 0 atom stereocenters. The molecule has 2 aliphatic heterocycles. The third-order valence-electron chi connectivity index (χ3n) is 5.88. The molecule has 0 aromatic heterocycles. The van der Waals surface area contributed by atoms with Crippen LogP contribution in [0.1, 0.15) is 32.3 Å². The lowest BCUT2D eigenvalue weighted by atomic mass is 9.81. The van der Waals surface area contributed by atoms with E-state index in [-0.39, 0.29) is 17.2 Å². The van der Waals surface area contributed by atoms with E-state index in [9.17, 15) is 9.59 Å². The summed E-state index contributed by atoms with van der Waals surface area (Å²) in [5.74, 6) is 0.373. The van der Waals surface area contributed by atoms with Crippen molar-refractivity contribution in [3.8, 4) is 0 Å². The van der Waals surface area contributed by atoms with Gasteiger partial charge in [0.2, 0.25) is 11.8 Å². The molecule has 28 heavy (non-hydrogen) atoms. The molecular formula is C22H33N3O3. The largest absolute Gasteiger partial charge is 0.379 e. The lowest BCUT2D eigenvalue weighted by molar-refractivity contribution is -0.140. The maximum absolute atomic E-state index is 12.8. The Labute approximate surface area is 168 Å². The Kier molecular flexibility index (Phi) is 7.08. The predicted molar refractivity (Wildman–Crippen MR) is 109 cm³/mol.